The molecule has 0 heterocycles. The van der Waals surface area contributed by atoms with E-state index in [0.29, 0.717) is 11.1 Å². The lowest BCUT2D eigenvalue weighted by atomic mass is 9.79. The van der Waals surface area contributed by atoms with E-state index in [9.17, 15) is 9.18 Å². The number of benzene rings is 2. The first kappa shape index (κ1) is 15.4. The quantitative estimate of drug-likeness (QED) is 0.694. The summed E-state index contributed by atoms with van der Waals surface area (Å²) in [6, 6.07) is 14.2. The minimum Gasteiger partial charge on any atom is -0.293 e. The van der Waals surface area contributed by atoms with Gasteiger partial charge in [0, 0.05) is 11.5 Å². The van der Waals surface area contributed by atoms with Gasteiger partial charge in [-0.25, -0.2) is 4.39 Å². The van der Waals surface area contributed by atoms with E-state index in [1.54, 1.807) is 13.0 Å². The van der Waals surface area contributed by atoms with E-state index in [1.807, 2.05) is 30.3 Å². The Hall–Kier alpha value is -1.96. The molecule has 0 aliphatic heterocycles. The highest BCUT2D eigenvalue weighted by Crippen LogP contribution is 2.31. The molecule has 1 nitrogen and oxygen atoms in total. The van der Waals surface area contributed by atoms with E-state index in [-0.39, 0.29) is 23.4 Å². The van der Waals surface area contributed by atoms with Gasteiger partial charge in [0.05, 0.1) is 0 Å². The monoisotopic (exact) mass is 284 g/mol. The Labute approximate surface area is 125 Å². The molecule has 0 N–H and O–H groups in total. The molecule has 2 rings (SSSR count). The SMILES string of the molecule is CCC(C)C(C(=O)c1ccc(F)cc1C)c1ccccc1. The summed E-state index contributed by atoms with van der Waals surface area (Å²) in [4.78, 5) is 13.0. The molecule has 21 heavy (non-hydrogen) atoms. The normalized spacial score (nSPS) is 13.7. The van der Waals surface area contributed by atoms with Gasteiger partial charge < -0.3 is 0 Å². The third-order valence-electron chi connectivity index (χ3n) is 4.11. The Morgan fingerprint density at radius 3 is 2.38 bits per heavy atom. The molecule has 0 spiro atoms. The zero-order chi connectivity index (χ0) is 15.4. The minimum absolute atomic E-state index is 0.0769. The van der Waals surface area contributed by atoms with E-state index < -0.39 is 0 Å². The molecule has 0 saturated carbocycles. The van der Waals surface area contributed by atoms with Crippen LogP contribution in [-0.2, 0) is 0 Å². The van der Waals surface area contributed by atoms with Gasteiger partial charge in [0.2, 0.25) is 0 Å². The Morgan fingerprint density at radius 1 is 1.14 bits per heavy atom. The van der Waals surface area contributed by atoms with Crippen molar-refractivity contribution in [3.8, 4) is 0 Å². The van der Waals surface area contributed by atoms with Crippen LogP contribution in [-0.4, -0.2) is 5.78 Å². The fourth-order valence-corrected chi connectivity index (χ4v) is 2.71. The third kappa shape index (κ3) is 3.38. The van der Waals surface area contributed by atoms with Gasteiger partial charge in [0.1, 0.15) is 5.82 Å². The van der Waals surface area contributed by atoms with Crippen molar-refractivity contribution in [1.82, 2.24) is 0 Å². The lowest BCUT2D eigenvalue weighted by Crippen LogP contribution is -2.20. The predicted octanol–water partition coefficient (Wildman–Crippen LogP) is 5.15. The lowest BCUT2D eigenvalue weighted by Gasteiger charge is -2.23. The van der Waals surface area contributed by atoms with Gasteiger partial charge in [0.25, 0.3) is 0 Å². The summed E-state index contributed by atoms with van der Waals surface area (Å²) in [5.41, 5.74) is 2.34. The minimum atomic E-state index is -0.302. The predicted molar refractivity (Wildman–Crippen MR) is 84.1 cm³/mol. The number of halogens is 1. The highest BCUT2D eigenvalue weighted by atomic mass is 19.1. The third-order valence-corrected chi connectivity index (χ3v) is 4.11. The first-order valence-electron chi connectivity index (χ1n) is 7.40. The number of hydrogen-bond donors (Lipinski definition) is 0. The van der Waals surface area contributed by atoms with Gasteiger partial charge in [-0.1, -0.05) is 50.6 Å². The fourth-order valence-electron chi connectivity index (χ4n) is 2.71. The van der Waals surface area contributed by atoms with Crippen LogP contribution in [0, 0.1) is 18.7 Å². The van der Waals surface area contributed by atoms with Gasteiger partial charge in [-0.15, -0.1) is 0 Å². The second kappa shape index (κ2) is 6.66. The maximum absolute atomic E-state index is 13.2. The van der Waals surface area contributed by atoms with Crippen LogP contribution in [0.5, 0.6) is 0 Å². The highest BCUT2D eigenvalue weighted by Gasteiger charge is 2.27. The number of carbonyl (C=O) groups is 1. The molecular weight excluding hydrogens is 263 g/mol. The summed E-state index contributed by atoms with van der Waals surface area (Å²) < 4.78 is 13.2. The van der Waals surface area contributed by atoms with Gasteiger partial charge in [-0.2, -0.15) is 0 Å². The Bertz CT molecular complexity index is 619. The molecule has 0 aromatic heterocycles. The Kier molecular flexibility index (Phi) is 4.89. The zero-order valence-electron chi connectivity index (χ0n) is 12.8. The number of carbonyl (C=O) groups excluding carboxylic acids is 1. The maximum Gasteiger partial charge on any atom is 0.170 e. The van der Waals surface area contributed by atoms with Crippen LogP contribution in [0.15, 0.2) is 48.5 Å². The summed E-state index contributed by atoms with van der Waals surface area (Å²) in [6.07, 6.45) is 0.922. The lowest BCUT2D eigenvalue weighted by molar-refractivity contribution is 0.0931. The molecule has 0 amide bonds. The van der Waals surface area contributed by atoms with E-state index >= 15 is 0 Å². The smallest absolute Gasteiger partial charge is 0.170 e. The van der Waals surface area contributed by atoms with Crippen molar-refractivity contribution >= 4 is 5.78 Å². The van der Waals surface area contributed by atoms with Crippen LogP contribution in [0.2, 0.25) is 0 Å². The van der Waals surface area contributed by atoms with Crippen LogP contribution < -0.4 is 0 Å². The highest BCUT2D eigenvalue weighted by molar-refractivity contribution is 6.02. The van der Waals surface area contributed by atoms with Crippen LogP contribution in [0.25, 0.3) is 0 Å². The van der Waals surface area contributed by atoms with Crippen molar-refractivity contribution in [2.75, 3.05) is 0 Å². The van der Waals surface area contributed by atoms with Crippen molar-refractivity contribution in [3.05, 3.63) is 71.0 Å². The van der Waals surface area contributed by atoms with Crippen molar-refractivity contribution < 1.29 is 9.18 Å². The average molecular weight is 284 g/mol. The summed E-state index contributed by atoms with van der Waals surface area (Å²) in [5.74, 6) is -0.165. The van der Waals surface area contributed by atoms with Gasteiger partial charge in [-0.05, 0) is 42.2 Å². The van der Waals surface area contributed by atoms with Crippen LogP contribution in [0.1, 0.15) is 47.7 Å². The van der Waals surface area contributed by atoms with Crippen LogP contribution >= 0.6 is 0 Å². The molecule has 0 bridgehead atoms. The number of ketones is 1. The molecule has 0 aliphatic carbocycles. The molecule has 2 aromatic rings. The number of Topliss-reactive ketones (excluding diaryl/α,β-unsaturated/α-hetero) is 1. The number of hydrogen-bond acceptors (Lipinski definition) is 1. The first-order chi connectivity index (χ1) is 10.0. The molecule has 2 aromatic carbocycles. The van der Waals surface area contributed by atoms with Crippen molar-refractivity contribution in [2.45, 2.75) is 33.1 Å². The van der Waals surface area contributed by atoms with E-state index in [2.05, 4.69) is 13.8 Å². The largest absolute Gasteiger partial charge is 0.293 e. The first-order valence-corrected chi connectivity index (χ1v) is 7.40. The summed E-state index contributed by atoms with van der Waals surface area (Å²) in [7, 11) is 0. The van der Waals surface area contributed by atoms with Gasteiger partial charge in [-0.3, -0.25) is 4.79 Å². The molecule has 0 radical (unpaired) electrons. The van der Waals surface area contributed by atoms with E-state index in [4.69, 9.17) is 0 Å². The Morgan fingerprint density at radius 2 is 1.81 bits per heavy atom. The summed E-state index contributed by atoms with van der Waals surface area (Å²) in [6.45, 7) is 5.97. The fraction of sp³-hybridized carbons (Fsp3) is 0.316. The zero-order valence-corrected chi connectivity index (χ0v) is 12.8. The molecule has 2 unspecified atom stereocenters. The van der Waals surface area contributed by atoms with Crippen molar-refractivity contribution in [2.24, 2.45) is 5.92 Å². The molecule has 110 valence electrons. The van der Waals surface area contributed by atoms with Gasteiger partial charge >= 0.3 is 0 Å². The number of aryl methyl sites for hydroxylation is 1. The summed E-state index contributed by atoms with van der Waals surface area (Å²) >= 11 is 0. The van der Waals surface area contributed by atoms with E-state index in [1.165, 1.54) is 12.1 Å². The summed E-state index contributed by atoms with van der Waals surface area (Å²) in [5, 5.41) is 0. The second-order valence-electron chi connectivity index (χ2n) is 5.60. The second-order valence-corrected chi connectivity index (χ2v) is 5.60. The standard InChI is InChI=1S/C19H21FO/c1-4-13(2)18(15-8-6-5-7-9-15)19(21)17-11-10-16(20)12-14(17)3/h5-13,18H,4H2,1-3H3. The molecule has 0 aliphatic rings. The maximum atomic E-state index is 13.2. The molecule has 0 fully saturated rings. The van der Waals surface area contributed by atoms with Crippen LogP contribution in [0.4, 0.5) is 4.39 Å². The average Bonchev–Trinajstić information content (AvgIpc) is 2.48. The number of rotatable bonds is 5. The van der Waals surface area contributed by atoms with E-state index in [0.717, 1.165) is 12.0 Å². The van der Waals surface area contributed by atoms with Crippen molar-refractivity contribution in [3.63, 3.8) is 0 Å². The van der Waals surface area contributed by atoms with Gasteiger partial charge in [0.15, 0.2) is 5.78 Å². The molecular formula is C19H21FO. The molecule has 2 heteroatoms. The molecule has 0 saturated heterocycles. The Balaban J connectivity index is 2.44. The topological polar surface area (TPSA) is 17.1 Å². The molecule has 2 atom stereocenters. The van der Waals surface area contributed by atoms with Crippen molar-refractivity contribution in [1.29, 1.82) is 0 Å². The van der Waals surface area contributed by atoms with Crippen LogP contribution in [0.3, 0.4) is 0 Å².